The normalized spacial score (nSPS) is 15.1. The second-order valence-corrected chi connectivity index (χ2v) is 16.6. The molecule has 6 N–H and O–H groups in total. The van der Waals surface area contributed by atoms with Crippen molar-refractivity contribution in [2.75, 3.05) is 20.1 Å². The van der Waals surface area contributed by atoms with E-state index in [-0.39, 0.29) is 39.0 Å². The summed E-state index contributed by atoms with van der Waals surface area (Å²) >= 11 is 0. The summed E-state index contributed by atoms with van der Waals surface area (Å²) in [6, 6.07) is 19.9. The number of unbranched alkanes of at least 4 members (excludes halogenated alkanes) is 2. The lowest BCUT2D eigenvalue weighted by atomic mass is 10.1. The minimum atomic E-state index is -4.13. The Bertz CT molecular complexity index is 2150. The number of anilines is 4. The highest BCUT2D eigenvalue weighted by Crippen LogP contribution is 2.41. The minimum Gasteiger partial charge on any atom is -0.478 e. The number of aryl methyl sites for hydroxylation is 2. The maximum absolute atomic E-state index is 13.0. The maximum atomic E-state index is 13.0. The number of hydrogen-bond donors (Lipinski definition) is 6. The number of aromatic carboxylic acids is 2. The molecule has 16 heteroatoms. The Balaban J connectivity index is 1.20. The van der Waals surface area contributed by atoms with Gasteiger partial charge in [0.05, 0.1) is 44.1 Å². The minimum absolute atomic E-state index is 0.0432. The molecule has 2 amide bonds. The van der Waals surface area contributed by atoms with Gasteiger partial charge in [0, 0.05) is 11.4 Å². The lowest BCUT2D eigenvalue weighted by molar-refractivity contribution is -0.122. The predicted octanol–water partition coefficient (Wildman–Crippen LogP) is 6.58. The number of carbonyl (C=O) groups is 4. The predicted molar refractivity (Wildman–Crippen MR) is 207 cm³/mol. The van der Waals surface area contributed by atoms with Crippen molar-refractivity contribution in [1.82, 2.24) is 0 Å². The van der Waals surface area contributed by atoms with Gasteiger partial charge in [-0.3, -0.25) is 19.0 Å². The summed E-state index contributed by atoms with van der Waals surface area (Å²) in [5, 5.41) is 24.8. The fourth-order valence-electron chi connectivity index (χ4n) is 5.86. The first-order valence-corrected chi connectivity index (χ1v) is 20.7. The van der Waals surface area contributed by atoms with E-state index in [1.54, 1.807) is 24.3 Å². The van der Waals surface area contributed by atoms with Gasteiger partial charge < -0.3 is 20.8 Å². The average Bonchev–Trinajstić information content (AvgIpc) is 3.96. The first-order valence-electron chi connectivity index (χ1n) is 17.7. The summed E-state index contributed by atoms with van der Waals surface area (Å²) in [7, 11) is -8.26. The van der Waals surface area contributed by atoms with Crippen LogP contribution in [0.5, 0.6) is 0 Å². The number of benzene rings is 4. The van der Waals surface area contributed by atoms with E-state index in [1.165, 1.54) is 48.5 Å². The van der Waals surface area contributed by atoms with Gasteiger partial charge in [0.2, 0.25) is 11.8 Å². The molecule has 290 valence electrons. The second kappa shape index (κ2) is 17.2. The molecular formula is C39H42N4O10S2. The van der Waals surface area contributed by atoms with E-state index in [9.17, 15) is 46.2 Å². The van der Waals surface area contributed by atoms with E-state index in [2.05, 4.69) is 33.9 Å². The van der Waals surface area contributed by atoms with Gasteiger partial charge in [-0.1, -0.05) is 51.0 Å². The molecular weight excluding hydrogens is 749 g/mol. The van der Waals surface area contributed by atoms with E-state index < -0.39 is 66.8 Å². The van der Waals surface area contributed by atoms with Gasteiger partial charge >= 0.3 is 11.9 Å². The van der Waals surface area contributed by atoms with Crippen molar-refractivity contribution in [2.24, 2.45) is 11.8 Å². The largest absolute Gasteiger partial charge is 0.478 e. The van der Waals surface area contributed by atoms with Gasteiger partial charge in [-0.05, 0) is 104 Å². The number of amides is 2. The Morgan fingerprint density at radius 1 is 0.582 bits per heavy atom. The Kier molecular flexibility index (Phi) is 12.6. The van der Waals surface area contributed by atoms with Crippen molar-refractivity contribution in [3.8, 4) is 0 Å². The van der Waals surface area contributed by atoms with Crippen LogP contribution in [0.1, 0.15) is 77.8 Å². The molecule has 0 heterocycles. The van der Waals surface area contributed by atoms with Crippen LogP contribution in [0.15, 0.2) is 94.7 Å². The summed E-state index contributed by atoms with van der Waals surface area (Å²) in [5.74, 6) is -5.62. The molecule has 0 spiro atoms. The Morgan fingerprint density at radius 3 is 1.27 bits per heavy atom. The molecule has 55 heavy (non-hydrogen) atoms. The molecule has 0 unspecified atom stereocenters. The number of nitrogens with one attached hydrogen (secondary N) is 4. The van der Waals surface area contributed by atoms with Crippen molar-refractivity contribution in [2.45, 2.75) is 68.6 Å². The number of carboxylic acid groups (broad SMARTS) is 2. The lowest BCUT2D eigenvalue weighted by Gasteiger charge is -2.14. The number of hydrogen-bond acceptors (Lipinski definition) is 8. The first-order chi connectivity index (χ1) is 26.1. The van der Waals surface area contributed by atoms with Crippen LogP contribution in [-0.2, 0) is 42.5 Å². The summed E-state index contributed by atoms with van der Waals surface area (Å²) < 4.78 is 56.8. The molecule has 4 aromatic rings. The molecule has 2 atom stereocenters. The summed E-state index contributed by atoms with van der Waals surface area (Å²) in [6.45, 7) is 4.11. The smallest absolute Gasteiger partial charge is 0.337 e. The van der Waals surface area contributed by atoms with Gasteiger partial charge in [-0.2, -0.15) is 0 Å². The fourth-order valence-corrected chi connectivity index (χ4v) is 8.02. The topological polar surface area (TPSA) is 225 Å². The number of carbonyl (C=O) groups excluding carboxylic acids is 2. The zero-order valence-electron chi connectivity index (χ0n) is 30.2. The molecule has 1 aliphatic carbocycles. The SMILES string of the molecule is CCCCc1ccc(S(=O)(=O)Nc2ccc(NC(=O)[C@H]3C[C@@H]3C(=O)Nc3ccc(NS(=O)(=O)c4ccc(CCCC)cc4)c(C(=O)O)c3)cc2C(=O)O)cc1. The van der Waals surface area contributed by atoms with Crippen molar-refractivity contribution >= 4 is 66.5 Å². The molecule has 14 nitrogen and oxygen atoms in total. The Labute approximate surface area is 319 Å². The van der Waals surface area contributed by atoms with Gasteiger partial charge in [-0.25, -0.2) is 26.4 Å². The van der Waals surface area contributed by atoms with E-state index >= 15 is 0 Å². The monoisotopic (exact) mass is 790 g/mol. The molecule has 0 bridgehead atoms. The zero-order chi connectivity index (χ0) is 39.9. The molecule has 0 aliphatic heterocycles. The van der Waals surface area contributed by atoms with Gasteiger partial charge in [0.25, 0.3) is 20.0 Å². The van der Waals surface area contributed by atoms with Gasteiger partial charge in [-0.15, -0.1) is 0 Å². The fraction of sp³-hybridized carbons (Fsp3) is 0.282. The van der Waals surface area contributed by atoms with Crippen LogP contribution in [-0.4, -0.2) is 50.8 Å². The van der Waals surface area contributed by atoms with E-state index in [1.807, 2.05) is 0 Å². The molecule has 1 aliphatic rings. The highest BCUT2D eigenvalue weighted by Gasteiger charge is 2.48. The third kappa shape index (κ3) is 10.3. The summed E-state index contributed by atoms with van der Waals surface area (Å²) in [4.78, 5) is 50.1. The van der Waals surface area contributed by atoms with Crippen LogP contribution < -0.4 is 20.1 Å². The zero-order valence-corrected chi connectivity index (χ0v) is 31.8. The summed E-state index contributed by atoms with van der Waals surface area (Å²) in [6.07, 6.45) is 5.66. The van der Waals surface area contributed by atoms with Crippen LogP contribution in [0.2, 0.25) is 0 Å². The third-order valence-electron chi connectivity index (χ3n) is 9.09. The first kappa shape index (κ1) is 40.4. The highest BCUT2D eigenvalue weighted by atomic mass is 32.2. The van der Waals surface area contributed by atoms with E-state index in [4.69, 9.17) is 0 Å². The van der Waals surface area contributed by atoms with E-state index in [0.717, 1.165) is 61.8 Å². The van der Waals surface area contributed by atoms with Crippen molar-refractivity contribution < 1.29 is 46.2 Å². The highest BCUT2D eigenvalue weighted by molar-refractivity contribution is 7.93. The Morgan fingerprint density at radius 2 is 0.945 bits per heavy atom. The molecule has 5 rings (SSSR count). The van der Waals surface area contributed by atoms with Gasteiger partial charge in [0.15, 0.2) is 0 Å². The van der Waals surface area contributed by atoms with Gasteiger partial charge in [0.1, 0.15) is 0 Å². The summed E-state index contributed by atoms with van der Waals surface area (Å²) in [5.41, 5.74) is 0.845. The van der Waals surface area contributed by atoms with E-state index in [0.29, 0.717) is 0 Å². The van der Waals surface area contributed by atoms with Crippen LogP contribution >= 0.6 is 0 Å². The molecule has 0 aromatic heterocycles. The maximum Gasteiger partial charge on any atom is 0.337 e. The number of sulfonamides is 2. The van der Waals surface area contributed by atoms with Crippen molar-refractivity contribution in [3.05, 3.63) is 107 Å². The molecule has 0 saturated heterocycles. The average molecular weight is 791 g/mol. The van der Waals surface area contributed by atoms with Crippen LogP contribution in [0.3, 0.4) is 0 Å². The standard InChI is InChI=1S/C39H42N4O10S2/c1-3-5-7-24-9-15-28(16-10-24)54(50,51)42-34-19-13-26(21-32(34)38(46)47)40-36(44)30-23-31(30)37(45)41-27-14-20-35(33(22-27)39(48)49)43-55(52,53)29-17-11-25(12-18-29)8-6-4-2/h9-22,30-31,42-43H,3-8,23H2,1-2H3,(H,40,44)(H,41,45)(H,46,47)(H,48,49)/t30-,31-/m0/s1. The van der Waals surface area contributed by atoms with Crippen LogP contribution in [0, 0.1) is 11.8 Å². The lowest BCUT2D eigenvalue weighted by Crippen LogP contribution is -2.21. The van der Waals surface area contributed by atoms with Crippen molar-refractivity contribution in [1.29, 1.82) is 0 Å². The molecule has 1 saturated carbocycles. The second-order valence-electron chi connectivity index (χ2n) is 13.3. The van der Waals surface area contributed by atoms with Crippen LogP contribution in [0.4, 0.5) is 22.7 Å². The molecule has 1 fully saturated rings. The van der Waals surface area contributed by atoms with Crippen molar-refractivity contribution in [3.63, 3.8) is 0 Å². The van der Waals surface area contributed by atoms with Crippen LogP contribution in [0.25, 0.3) is 0 Å². The number of carboxylic acids is 2. The molecule has 4 aromatic carbocycles. The number of rotatable bonds is 18. The molecule has 0 radical (unpaired) electrons. The third-order valence-corrected chi connectivity index (χ3v) is 11.9. The Hall–Kier alpha value is -5.74. The quantitative estimate of drug-likeness (QED) is 0.0635.